The van der Waals surface area contributed by atoms with Crippen LogP contribution in [0.3, 0.4) is 0 Å². The molecule has 0 bridgehead atoms. The molecule has 102 valence electrons. The highest BCUT2D eigenvalue weighted by atomic mass is 16.6. The summed E-state index contributed by atoms with van der Waals surface area (Å²) in [6.07, 6.45) is 0. The number of esters is 2. The highest BCUT2D eigenvalue weighted by Gasteiger charge is 2.24. The lowest BCUT2D eigenvalue weighted by Crippen LogP contribution is -2.28. The van der Waals surface area contributed by atoms with Gasteiger partial charge in [-0.1, -0.05) is 6.58 Å². The van der Waals surface area contributed by atoms with Crippen molar-refractivity contribution < 1.29 is 19.1 Å². The molecular formula is C14H17NO4. The molecule has 0 aliphatic rings. The number of nitrogen functional groups attached to an aromatic ring is 1. The number of nitrogens with two attached hydrogens (primary N) is 1. The van der Waals surface area contributed by atoms with Crippen LogP contribution in [0.1, 0.15) is 20.8 Å². The number of rotatable bonds is 3. The monoisotopic (exact) mass is 263 g/mol. The van der Waals surface area contributed by atoms with Gasteiger partial charge in [0.25, 0.3) is 0 Å². The summed E-state index contributed by atoms with van der Waals surface area (Å²) in [7, 11) is 0. The van der Waals surface area contributed by atoms with Gasteiger partial charge in [-0.3, -0.25) is 0 Å². The van der Waals surface area contributed by atoms with E-state index in [-0.39, 0.29) is 11.3 Å². The summed E-state index contributed by atoms with van der Waals surface area (Å²) >= 11 is 0. The first-order valence-electron chi connectivity index (χ1n) is 5.69. The van der Waals surface area contributed by atoms with Gasteiger partial charge in [-0.25, -0.2) is 9.59 Å². The van der Waals surface area contributed by atoms with E-state index in [1.54, 1.807) is 32.9 Å². The number of hydrogen-bond donors (Lipinski definition) is 1. The molecule has 0 spiro atoms. The van der Waals surface area contributed by atoms with E-state index in [0.717, 1.165) is 0 Å². The van der Waals surface area contributed by atoms with Crippen molar-refractivity contribution in [1.29, 1.82) is 0 Å². The fourth-order valence-corrected chi connectivity index (χ4v) is 1.13. The van der Waals surface area contributed by atoms with E-state index in [1.165, 1.54) is 12.1 Å². The molecule has 0 saturated carbocycles. The van der Waals surface area contributed by atoms with E-state index in [9.17, 15) is 9.59 Å². The van der Waals surface area contributed by atoms with Gasteiger partial charge in [0.05, 0.1) is 0 Å². The predicted octanol–water partition coefficient (Wildman–Crippen LogP) is 2.07. The van der Waals surface area contributed by atoms with Crippen LogP contribution in [-0.2, 0) is 14.3 Å². The molecular weight excluding hydrogens is 246 g/mol. The normalized spacial score (nSPS) is 10.7. The summed E-state index contributed by atoms with van der Waals surface area (Å²) in [5.74, 6) is -1.36. The van der Waals surface area contributed by atoms with Crippen molar-refractivity contribution in [3.05, 3.63) is 36.4 Å². The SMILES string of the molecule is C=C(C(=O)Oc1ccc(N)cc1)C(=O)OC(C)(C)C. The molecule has 0 amide bonds. The Labute approximate surface area is 112 Å². The van der Waals surface area contributed by atoms with Gasteiger partial charge in [0.15, 0.2) is 0 Å². The van der Waals surface area contributed by atoms with Gasteiger partial charge in [-0.15, -0.1) is 0 Å². The molecule has 0 heterocycles. The van der Waals surface area contributed by atoms with Gasteiger partial charge < -0.3 is 15.2 Å². The molecule has 19 heavy (non-hydrogen) atoms. The number of ether oxygens (including phenoxy) is 2. The molecule has 5 heteroatoms. The summed E-state index contributed by atoms with van der Waals surface area (Å²) in [4.78, 5) is 23.3. The van der Waals surface area contributed by atoms with Crippen LogP contribution in [0.25, 0.3) is 0 Å². The lowest BCUT2D eigenvalue weighted by Gasteiger charge is -2.19. The molecule has 0 aromatic heterocycles. The maximum atomic E-state index is 11.7. The number of benzene rings is 1. The van der Waals surface area contributed by atoms with Crippen molar-refractivity contribution in [2.75, 3.05) is 5.73 Å². The first-order valence-corrected chi connectivity index (χ1v) is 5.69. The second-order valence-corrected chi connectivity index (χ2v) is 4.94. The van der Waals surface area contributed by atoms with Crippen LogP contribution >= 0.6 is 0 Å². The standard InChI is InChI=1S/C14H17NO4/c1-9(13(17)19-14(2,3)4)12(16)18-11-7-5-10(15)6-8-11/h5-8H,1,15H2,2-4H3. The molecule has 1 rings (SSSR count). The zero-order valence-electron chi connectivity index (χ0n) is 11.2. The van der Waals surface area contributed by atoms with Crippen molar-refractivity contribution in [2.24, 2.45) is 0 Å². The molecule has 5 nitrogen and oxygen atoms in total. The van der Waals surface area contributed by atoms with E-state index >= 15 is 0 Å². The van der Waals surface area contributed by atoms with Gasteiger partial charge in [-0.2, -0.15) is 0 Å². The zero-order chi connectivity index (χ0) is 14.6. The van der Waals surface area contributed by atoms with Crippen molar-refractivity contribution in [1.82, 2.24) is 0 Å². The third kappa shape index (κ3) is 4.83. The summed E-state index contributed by atoms with van der Waals surface area (Å²) in [5, 5.41) is 0. The lowest BCUT2D eigenvalue weighted by molar-refractivity contribution is -0.152. The average Bonchev–Trinajstić information content (AvgIpc) is 2.28. The quantitative estimate of drug-likeness (QED) is 0.225. The third-order valence-electron chi connectivity index (χ3n) is 1.98. The van der Waals surface area contributed by atoms with Crippen molar-refractivity contribution in [3.8, 4) is 5.75 Å². The van der Waals surface area contributed by atoms with Gasteiger partial charge in [0, 0.05) is 5.69 Å². The van der Waals surface area contributed by atoms with Crippen molar-refractivity contribution in [2.45, 2.75) is 26.4 Å². The Hall–Kier alpha value is -2.30. The summed E-state index contributed by atoms with van der Waals surface area (Å²) < 4.78 is 9.99. The minimum Gasteiger partial charge on any atom is -0.456 e. The molecule has 0 radical (unpaired) electrons. The fourth-order valence-electron chi connectivity index (χ4n) is 1.13. The van der Waals surface area contributed by atoms with Gasteiger partial charge in [-0.05, 0) is 45.0 Å². The highest BCUT2D eigenvalue weighted by molar-refractivity contribution is 6.14. The highest BCUT2D eigenvalue weighted by Crippen LogP contribution is 2.16. The van der Waals surface area contributed by atoms with Crippen molar-refractivity contribution >= 4 is 17.6 Å². The molecule has 0 aliphatic carbocycles. The molecule has 0 saturated heterocycles. The Balaban J connectivity index is 2.65. The second kappa shape index (κ2) is 5.56. The molecule has 0 fully saturated rings. The van der Waals surface area contributed by atoms with Gasteiger partial charge >= 0.3 is 11.9 Å². The Kier molecular flexibility index (Phi) is 4.32. The van der Waals surface area contributed by atoms with Crippen LogP contribution in [0.4, 0.5) is 5.69 Å². The number of carbonyl (C=O) groups is 2. The maximum Gasteiger partial charge on any atom is 0.350 e. The largest absolute Gasteiger partial charge is 0.456 e. The van der Waals surface area contributed by atoms with Crippen LogP contribution in [0.15, 0.2) is 36.4 Å². The van der Waals surface area contributed by atoms with Crippen LogP contribution in [0, 0.1) is 0 Å². The smallest absolute Gasteiger partial charge is 0.350 e. The van der Waals surface area contributed by atoms with E-state index < -0.39 is 17.5 Å². The Morgan fingerprint density at radius 3 is 2.11 bits per heavy atom. The average molecular weight is 263 g/mol. The molecule has 0 unspecified atom stereocenters. The van der Waals surface area contributed by atoms with Crippen molar-refractivity contribution in [3.63, 3.8) is 0 Å². The first-order chi connectivity index (χ1) is 8.69. The number of hydrogen-bond acceptors (Lipinski definition) is 5. The van der Waals surface area contributed by atoms with E-state index in [0.29, 0.717) is 5.69 Å². The number of carbonyl (C=O) groups excluding carboxylic acids is 2. The second-order valence-electron chi connectivity index (χ2n) is 4.94. The summed E-state index contributed by atoms with van der Waals surface area (Å²) in [6.45, 7) is 8.47. The summed E-state index contributed by atoms with van der Waals surface area (Å²) in [6, 6.07) is 6.21. The third-order valence-corrected chi connectivity index (χ3v) is 1.98. The summed E-state index contributed by atoms with van der Waals surface area (Å²) in [5.41, 5.74) is 5.00. The minimum atomic E-state index is -0.848. The topological polar surface area (TPSA) is 78.6 Å². The molecule has 0 atom stereocenters. The first kappa shape index (κ1) is 14.8. The Morgan fingerprint density at radius 2 is 1.63 bits per heavy atom. The van der Waals surface area contributed by atoms with Crippen LogP contribution in [0.2, 0.25) is 0 Å². The van der Waals surface area contributed by atoms with Gasteiger partial charge in [0.1, 0.15) is 16.9 Å². The molecule has 1 aromatic carbocycles. The van der Waals surface area contributed by atoms with Crippen LogP contribution in [0.5, 0.6) is 5.75 Å². The Morgan fingerprint density at radius 1 is 1.11 bits per heavy atom. The molecule has 1 aromatic rings. The van der Waals surface area contributed by atoms with E-state index in [4.69, 9.17) is 15.2 Å². The van der Waals surface area contributed by atoms with E-state index in [1.807, 2.05) is 0 Å². The van der Waals surface area contributed by atoms with Crippen LogP contribution in [-0.4, -0.2) is 17.5 Å². The Bertz CT molecular complexity index is 497. The minimum absolute atomic E-state index is 0.281. The zero-order valence-corrected chi connectivity index (χ0v) is 11.2. The predicted molar refractivity (Wildman–Crippen MR) is 71.5 cm³/mol. The fraction of sp³-hybridized carbons (Fsp3) is 0.286. The van der Waals surface area contributed by atoms with E-state index in [2.05, 4.69) is 6.58 Å². The molecule has 2 N–H and O–H groups in total. The maximum absolute atomic E-state index is 11.7. The number of anilines is 1. The molecule has 0 aliphatic heterocycles. The van der Waals surface area contributed by atoms with Crippen LogP contribution < -0.4 is 10.5 Å². The lowest BCUT2D eigenvalue weighted by atomic mass is 10.2. The van der Waals surface area contributed by atoms with Gasteiger partial charge in [0.2, 0.25) is 0 Å².